The Kier molecular flexibility index (Phi) is 5.21. The van der Waals surface area contributed by atoms with E-state index >= 15 is 0 Å². The summed E-state index contributed by atoms with van der Waals surface area (Å²) < 4.78 is 5.25. The molecule has 0 bridgehead atoms. The van der Waals surface area contributed by atoms with Gasteiger partial charge in [0, 0.05) is 19.7 Å². The Bertz CT molecular complexity index is 358. The molecule has 2 rings (SSSR count). The fourth-order valence-electron chi connectivity index (χ4n) is 2.92. The van der Waals surface area contributed by atoms with Crippen LogP contribution in [-0.2, 0) is 17.9 Å². The summed E-state index contributed by atoms with van der Waals surface area (Å²) in [6, 6.07) is 9.17. The van der Waals surface area contributed by atoms with E-state index in [2.05, 4.69) is 36.5 Å². The van der Waals surface area contributed by atoms with E-state index in [1.54, 1.807) is 7.11 Å². The quantitative estimate of drug-likeness (QED) is 0.830. The first-order chi connectivity index (χ1) is 8.81. The second kappa shape index (κ2) is 6.91. The van der Waals surface area contributed by atoms with Gasteiger partial charge in [0.05, 0.1) is 6.61 Å². The summed E-state index contributed by atoms with van der Waals surface area (Å²) in [6.45, 7) is 3.99. The molecule has 0 saturated heterocycles. The van der Waals surface area contributed by atoms with Gasteiger partial charge in [-0.05, 0) is 36.8 Å². The van der Waals surface area contributed by atoms with Crippen molar-refractivity contribution in [3.05, 3.63) is 35.4 Å². The first-order valence-electron chi connectivity index (χ1n) is 7.10. The standard InChI is InChI=1S/C16H25NO/c1-13(14-7-3-4-8-14)17-11-15-9-5-6-10-16(15)12-18-2/h5-6,9-10,13-14,17H,3-4,7-8,11-12H2,1-2H3/t13-/m1/s1. The molecule has 1 saturated carbocycles. The molecular weight excluding hydrogens is 222 g/mol. The first-order valence-corrected chi connectivity index (χ1v) is 7.10. The van der Waals surface area contributed by atoms with Gasteiger partial charge in [-0.2, -0.15) is 0 Å². The number of rotatable bonds is 6. The Morgan fingerprint density at radius 1 is 1.22 bits per heavy atom. The van der Waals surface area contributed by atoms with Crippen LogP contribution < -0.4 is 5.32 Å². The zero-order chi connectivity index (χ0) is 12.8. The molecule has 100 valence electrons. The topological polar surface area (TPSA) is 21.3 Å². The fraction of sp³-hybridized carbons (Fsp3) is 0.625. The third kappa shape index (κ3) is 3.56. The fourth-order valence-corrected chi connectivity index (χ4v) is 2.92. The van der Waals surface area contributed by atoms with Gasteiger partial charge in [0.25, 0.3) is 0 Å². The maximum atomic E-state index is 5.25. The molecule has 2 heteroatoms. The maximum Gasteiger partial charge on any atom is 0.0716 e. The van der Waals surface area contributed by atoms with Crippen LogP contribution in [0, 0.1) is 5.92 Å². The lowest BCUT2D eigenvalue weighted by atomic mass is 9.99. The highest BCUT2D eigenvalue weighted by molar-refractivity contribution is 5.26. The molecular formula is C16H25NO. The van der Waals surface area contributed by atoms with Crippen molar-refractivity contribution in [1.29, 1.82) is 0 Å². The van der Waals surface area contributed by atoms with Crippen molar-refractivity contribution in [3.63, 3.8) is 0 Å². The minimum Gasteiger partial charge on any atom is -0.380 e. The van der Waals surface area contributed by atoms with Crippen LogP contribution in [0.3, 0.4) is 0 Å². The highest BCUT2D eigenvalue weighted by Gasteiger charge is 2.20. The van der Waals surface area contributed by atoms with Crippen LogP contribution in [0.5, 0.6) is 0 Å². The Labute approximate surface area is 111 Å². The van der Waals surface area contributed by atoms with Gasteiger partial charge >= 0.3 is 0 Å². The molecule has 0 radical (unpaired) electrons. The SMILES string of the molecule is COCc1ccccc1CN[C@H](C)C1CCCC1. The van der Waals surface area contributed by atoms with Crippen molar-refractivity contribution in [2.24, 2.45) is 5.92 Å². The van der Waals surface area contributed by atoms with E-state index in [1.165, 1.54) is 36.8 Å². The van der Waals surface area contributed by atoms with Crippen LogP contribution in [-0.4, -0.2) is 13.2 Å². The summed E-state index contributed by atoms with van der Waals surface area (Å²) in [7, 11) is 1.76. The molecule has 0 heterocycles. The molecule has 0 unspecified atom stereocenters. The van der Waals surface area contributed by atoms with E-state index in [9.17, 15) is 0 Å². The summed E-state index contributed by atoms with van der Waals surface area (Å²) >= 11 is 0. The molecule has 0 aliphatic heterocycles. The Morgan fingerprint density at radius 3 is 2.56 bits per heavy atom. The highest BCUT2D eigenvalue weighted by Crippen LogP contribution is 2.27. The molecule has 0 amide bonds. The molecule has 1 fully saturated rings. The number of hydrogen-bond donors (Lipinski definition) is 1. The molecule has 1 aromatic rings. The normalized spacial score (nSPS) is 18.1. The first kappa shape index (κ1) is 13.6. The molecule has 1 atom stereocenters. The van der Waals surface area contributed by atoms with E-state index in [-0.39, 0.29) is 0 Å². The van der Waals surface area contributed by atoms with Gasteiger partial charge in [0.15, 0.2) is 0 Å². The smallest absolute Gasteiger partial charge is 0.0716 e. The largest absolute Gasteiger partial charge is 0.380 e. The zero-order valence-corrected chi connectivity index (χ0v) is 11.6. The van der Waals surface area contributed by atoms with Crippen molar-refractivity contribution in [3.8, 4) is 0 Å². The van der Waals surface area contributed by atoms with Crippen LogP contribution >= 0.6 is 0 Å². The van der Waals surface area contributed by atoms with Gasteiger partial charge < -0.3 is 10.1 Å². The summed E-state index contributed by atoms with van der Waals surface area (Å²) in [6.07, 6.45) is 5.62. The predicted octanol–water partition coefficient (Wildman–Crippen LogP) is 3.50. The lowest BCUT2D eigenvalue weighted by Gasteiger charge is -2.21. The van der Waals surface area contributed by atoms with Crippen LogP contribution in [0.25, 0.3) is 0 Å². The van der Waals surface area contributed by atoms with Crippen LogP contribution in [0.4, 0.5) is 0 Å². The maximum absolute atomic E-state index is 5.25. The lowest BCUT2D eigenvalue weighted by Crippen LogP contribution is -2.32. The number of methoxy groups -OCH3 is 1. The Balaban J connectivity index is 1.88. The van der Waals surface area contributed by atoms with Gasteiger partial charge in [-0.15, -0.1) is 0 Å². The summed E-state index contributed by atoms with van der Waals surface area (Å²) in [5, 5.41) is 3.68. The summed E-state index contributed by atoms with van der Waals surface area (Å²) in [5.41, 5.74) is 2.66. The van der Waals surface area contributed by atoms with Crippen molar-refractivity contribution < 1.29 is 4.74 Å². The molecule has 1 aliphatic rings. The minimum atomic E-state index is 0.628. The van der Waals surface area contributed by atoms with Crippen molar-refractivity contribution >= 4 is 0 Å². The van der Waals surface area contributed by atoms with E-state index in [4.69, 9.17) is 4.74 Å². The third-order valence-electron chi connectivity index (χ3n) is 4.14. The summed E-state index contributed by atoms with van der Waals surface area (Å²) in [5.74, 6) is 0.875. The Morgan fingerprint density at radius 2 is 1.89 bits per heavy atom. The second-order valence-electron chi connectivity index (χ2n) is 5.42. The Hall–Kier alpha value is -0.860. The molecule has 1 aromatic carbocycles. The molecule has 2 nitrogen and oxygen atoms in total. The zero-order valence-electron chi connectivity index (χ0n) is 11.6. The van der Waals surface area contributed by atoms with Gasteiger partial charge in [-0.3, -0.25) is 0 Å². The van der Waals surface area contributed by atoms with E-state index in [1.807, 2.05) is 0 Å². The van der Waals surface area contributed by atoms with Crippen molar-refractivity contribution in [2.45, 2.75) is 51.8 Å². The van der Waals surface area contributed by atoms with Gasteiger partial charge in [-0.25, -0.2) is 0 Å². The number of nitrogens with one attached hydrogen (secondary N) is 1. The second-order valence-corrected chi connectivity index (χ2v) is 5.42. The minimum absolute atomic E-state index is 0.628. The summed E-state index contributed by atoms with van der Waals surface area (Å²) in [4.78, 5) is 0. The average Bonchev–Trinajstić information content (AvgIpc) is 2.92. The monoisotopic (exact) mass is 247 g/mol. The van der Waals surface area contributed by atoms with Gasteiger partial charge in [0.1, 0.15) is 0 Å². The average molecular weight is 247 g/mol. The lowest BCUT2D eigenvalue weighted by molar-refractivity contribution is 0.184. The van der Waals surface area contributed by atoms with Gasteiger partial charge in [0.2, 0.25) is 0 Å². The molecule has 0 aromatic heterocycles. The van der Waals surface area contributed by atoms with Crippen LogP contribution in [0.2, 0.25) is 0 Å². The van der Waals surface area contributed by atoms with Gasteiger partial charge in [-0.1, -0.05) is 37.1 Å². The molecule has 1 N–H and O–H groups in total. The number of hydrogen-bond acceptors (Lipinski definition) is 2. The van der Waals surface area contributed by atoms with E-state index < -0.39 is 0 Å². The number of ether oxygens (including phenoxy) is 1. The number of benzene rings is 1. The third-order valence-corrected chi connectivity index (χ3v) is 4.14. The predicted molar refractivity (Wildman–Crippen MR) is 75.4 cm³/mol. The van der Waals surface area contributed by atoms with Crippen molar-refractivity contribution in [2.75, 3.05) is 7.11 Å². The molecule has 0 spiro atoms. The molecule has 18 heavy (non-hydrogen) atoms. The van der Waals surface area contributed by atoms with Crippen molar-refractivity contribution in [1.82, 2.24) is 5.32 Å². The highest BCUT2D eigenvalue weighted by atomic mass is 16.5. The van der Waals surface area contributed by atoms with E-state index in [0.29, 0.717) is 12.6 Å². The van der Waals surface area contributed by atoms with Crippen LogP contribution in [0.1, 0.15) is 43.7 Å². The van der Waals surface area contributed by atoms with E-state index in [0.717, 1.165) is 12.5 Å². The van der Waals surface area contributed by atoms with Crippen LogP contribution in [0.15, 0.2) is 24.3 Å². The molecule has 1 aliphatic carbocycles.